The second-order valence-corrected chi connectivity index (χ2v) is 7.08. The number of halogens is 2. The van der Waals surface area contributed by atoms with Crippen molar-refractivity contribution < 1.29 is 18.7 Å². The van der Waals surface area contributed by atoms with Crippen molar-refractivity contribution in [1.29, 1.82) is 0 Å². The van der Waals surface area contributed by atoms with Crippen molar-refractivity contribution >= 4 is 5.97 Å². The van der Waals surface area contributed by atoms with Gasteiger partial charge >= 0.3 is 5.97 Å². The Labute approximate surface area is 168 Å². The summed E-state index contributed by atoms with van der Waals surface area (Å²) in [5.74, 6) is -4.53. The Morgan fingerprint density at radius 2 is 1.63 bits per heavy atom. The second kappa shape index (κ2) is 6.02. The average Bonchev–Trinajstić information content (AvgIpc) is 3.39. The minimum Gasteiger partial charge on any atom is -0.476 e. The topological polar surface area (TPSA) is 110 Å². The molecule has 150 valence electrons. The molecule has 10 heteroatoms. The van der Waals surface area contributed by atoms with Crippen LogP contribution < -0.4 is 0 Å². The average molecular weight is 408 g/mol. The van der Waals surface area contributed by atoms with Crippen molar-refractivity contribution in [2.24, 2.45) is 7.05 Å². The van der Waals surface area contributed by atoms with Crippen molar-refractivity contribution in [2.45, 2.75) is 12.8 Å². The minimum absolute atomic E-state index is 0.00734. The van der Waals surface area contributed by atoms with Crippen LogP contribution in [0.5, 0.6) is 0 Å². The summed E-state index contributed by atoms with van der Waals surface area (Å²) >= 11 is 0. The van der Waals surface area contributed by atoms with E-state index in [1.54, 1.807) is 36.0 Å². The van der Waals surface area contributed by atoms with E-state index < -0.39 is 11.9 Å². The van der Waals surface area contributed by atoms with Gasteiger partial charge in [-0.2, -0.15) is 8.78 Å². The number of carbonyl (C=O) groups is 1. The number of rotatable bonds is 3. The van der Waals surface area contributed by atoms with Crippen LogP contribution in [-0.2, 0) is 13.0 Å². The number of benzene rings is 2. The Hall–Kier alpha value is -3.95. The molecule has 0 bridgehead atoms. The monoisotopic (exact) mass is 408 g/mol. The summed E-state index contributed by atoms with van der Waals surface area (Å²) in [4.78, 5) is 11.3. The highest BCUT2D eigenvalue weighted by Gasteiger charge is 2.45. The Bertz CT molecular complexity index is 1340. The summed E-state index contributed by atoms with van der Waals surface area (Å²) < 4.78 is 32.4. The number of fused-ring (bicyclic) bond motifs is 3. The van der Waals surface area contributed by atoms with Crippen LogP contribution in [0.1, 0.15) is 27.3 Å². The maximum atomic E-state index is 15.4. The van der Waals surface area contributed by atoms with Crippen molar-refractivity contribution in [1.82, 2.24) is 30.4 Å². The lowest BCUT2D eigenvalue weighted by atomic mass is 10.00. The molecule has 0 aliphatic heterocycles. The minimum atomic E-state index is -3.26. The molecule has 0 fully saturated rings. The quantitative estimate of drug-likeness (QED) is 0.538. The molecule has 1 aliphatic rings. The molecule has 2 aromatic heterocycles. The van der Waals surface area contributed by atoms with E-state index >= 15 is 8.78 Å². The maximum absolute atomic E-state index is 15.4. The molecule has 8 nitrogen and oxygen atoms in total. The van der Waals surface area contributed by atoms with Crippen LogP contribution >= 0.6 is 0 Å². The summed E-state index contributed by atoms with van der Waals surface area (Å²) in [6.45, 7) is 1.82. The number of carboxylic acids is 1. The van der Waals surface area contributed by atoms with E-state index in [4.69, 9.17) is 0 Å². The first kappa shape index (κ1) is 18.1. The third-order valence-electron chi connectivity index (χ3n) is 5.42. The zero-order valence-corrected chi connectivity index (χ0v) is 15.8. The van der Waals surface area contributed by atoms with Crippen LogP contribution in [0.25, 0.3) is 33.6 Å². The summed E-state index contributed by atoms with van der Waals surface area (Å²) in [7, 11) is 1.74. The summed E-state index contributed by atoms with van der Waals surface area (Å²) in [6, 6.07) is 9.22. The van der Waals surface area contributed by atoms with E-state index in [-0.39, 0.29) is 28.1 Å². The zero-order valence-electron chi connectivity index (χ0n) is 15.8. The van der Waals surface area contributed by atoms with Gasteiger partial charge in [0.2, 0.25) is 0 Å². The van der Waals surface area contributed by atoms with Gasteiger partial charge in [0.1, 0.15) is 11.4 Å². The molecule has 0 amide bonds. The van der Waals surface area contributed by atoms with E-state index in [0.29, 0.717) is 22.4 Å². The number of aromatic nitrogens is 6. The maximum Gasteiger partial charge on any atom is 0.356 e. The first-order valence-corrected chi connectivity index (χ1v) is 8.97. The molecule has 0 spiro atoms. The van der Waals surface area contributed by atoms with Gasteiger partial charge in [0, 0.05) is 29.3 Å². The van der Waals surface area contributed by atoms with Crippen molar-refractivity contribution in [2.75, 3.05) is 0 Å². The smallest absolute Gasteiger partial charge is 0.356 e. The molecule has 30 heavy (non-hydrogen) atoms. The molecule has 2 heterocycles. The Morgan fingerprint density at radius 1 is 1.03 bits per heavy atom. The predicted octanol–water partition coefficient (Wildman–Crippen LogP) is 3.39. The number of H-pyrrole nitrogens is 1. The fraction of sp³-hybridized carbons (Fsp3) is 0.150. The number of nitrogens with one attached hydrogen (secondary N) is 1. The highest BCUT2D eigenvalue weighted by molar-refractivity contribution is 5.93. The lowest BCUT2D eigenvalue weighted by Gasteiger charge is -2.13. The van der Waals surface area contributed by atoms with Gasteiger partial charge in [-0.05, 0) is 30.2 Å². The molecule has 0 unspecified atom stereocenters. The molecule has 0 saturated carbocycles. The van der Waals surface area contributed by atoms with E-state index in [1.807, 2.05) is 6.92 Å². The normalized spacial score (nSPS) is 13.9. The van der Waals surface area contributed by atoms with Gasteiger partial charge < -0.3 is 5.11 Å². The SMILES string of the molecule is Cc1c(-c2ccc3c(c2)C(F)(F)c2cc(-c4nn[nH]c4C(=O)O)ccc2-3)nnn1C. The molecule has 0 radical (unpaired) electrons. The summed E-state index contributed by atoms with van der Waals surface area (Å²) in [6.07, 6.45) is 0. The number of aryl methyl sites for hydroxylation is 1. The number of hydrogen-bond donors (Lipinski definition) is 2. The van der Waals surface area contributed by atoms with Crippen LogP contribution in [-0.4, -0.2) is 41.5 Å². The van der Waals surface area contributed by atoms with Crippen molar-refractivity contribution in [3.05, 3.63) is 58.9 Å². The standard InChI is InChI=1S/C20H14F2N6O2/c1-9-16(25-27-28(9)2)10-3-5-12-13-6-4-11(17-18(19(29)30)24-26-23-17)8-15(13)20(21,22)14(12)7-10/h3-8H,1-2H3,(H,29,30)(H,23,24,26). The third-order valence-corrected chi connectivity index (χ3v) is 5.42. The number of alkyl halides is 2. The van der Waals surface area contributed by atoms with Gasteiger partial charge in [-0.1, -0.05) is 34.7 Å². The summed E-state index contributed by atoms with van der Waals surface area (Å²) in [5.41, 5.74) is 2.34. The van der Waals surface area contributed by atoms with E-state index in [0.717, 1.165) is 5.69 Å². The van der Waals surface area contributed by atoms with Crippen LogP contribution in [0, 0.1) is 6.92 Å². The molecular weight excluding hydrogens is 394 g/mol. The molecule has 1 aliphatic carbocycles. The van der Waals surface area contributed by atoms with Gasteiger partial charge in [-0.3, -0.25) is 9.78 Å². The van der Waals surface area contributed by atoms with E-state index in [1.165, 1.54) is 12.1 Å². The molecule has 0 saturated heterocycles. The van der Waals surface area contributed by atoms with Crippen LogP contribution in [0.4, 0.5) is 8.78 Å². The second-order valence-electron chi connectivity index (χ2n) is 7.08. The van der Waals surface area contributed by atoms with Crippen LogP contribution in [0.3, 0.4) is 0 Å². The van der Waals surface area contributed by atoms with Gasteiger partial charge in [0.25, 0.3) is 5.92 Å². The lowest BCUT2D eigenvalue weighted by Crippen LogP contribution is -2.11. The fourth-order valence-corrected chi connectivity index (χ4v) is 3.77. The van der Waals surface area contributed by atoms with Gasteiger partial charge in [-0.25, -0.2) is 4.79 Å². The molecule has 4 aromatic rings. The first-order valence-electron chi connectivity index (χ1n) is 8.97. The third kappa shape index (κ3) is 2.39. The van der Waals surface area contributed by atoms with Gasteiger partial charge in [0.15, 0.2) is 5.69 Å². The summed E-state index contributed by atoms with van der Waals surface area (Å²) in [5, 5.41) is 26.8. The molecule has 0 atom stereocenters. The van der Waals surface area contributed by atoms with Crippen molar-refractivity contribution in [3.8, 4) is 33.6 Å². The number of aromatic carboxylic acids is 1. The number of nitrogens with zero attached hydrogens (tertiary/aromatic N) is 5. The van der Waals surface area contributed by atoms with Gasteiger partial charge in [0.05, 0.1) is 5.69 Å². The van der Waals surface area contributed by atoms with Crippen molar-refractivity contribution in [3.63, 3.8) is 0 Å². The number of hydrogen-bond acceptors (Lipinski definition) is 5. The molecular formula is C20H14F2N6O2. The molecule has 5 rings (SSSR count). The Morgan fingerprint density at radius 3 is 2.17 bits per heavy atom. The molecule has 2 aromatic carbocycles. The molecule has 2 N–H and O–H groups in total. The predicted molar refractivity (Wildman–Crippen MR) is 102 cm³/mol. The number of aromatic amines is 1. The van der Waals surface area contributed by atoms with E-state index in [2.05, 4.69) is 25.7 Å². The Balaban J connectivity index is 1.65. The highest BCUT2D eigenvalue weighted by atomic mass is 19.3. The van der Waals surface area contributed by atoms with Crippen LogP contribution in [0.2, 0.25) is 0 Å². The first-order chi connectivity index (χ1) is 14.3. The Kier molecular flexibility index (Phi) is 3.63. The van der Waals surface area contributed by atoms with E-state index in [9.17, 15) is 9.90 Å². The largest absolute Gasteiger partial charge is 0.476 e. The zero-order chi connectivity index (χ0) is 21.2. The van der Waals surface area contributed by atoms with Gasteiger partial charge in [-0.15, -0.1) is 10.2 Å². The fourth-order valence-electron chi connectivity index (χ4n) is 3.77. The van der Waals surface area contributed by atoms with Crippen LogP contribution in [0.15, 0.2) is 36.4 Å². The number of carboxylic acid groups (broad SMARTS) is 1. The lowest BCUT2D eigenvalue weighted by molar-refractivity contribution is 0.0481. The highest BCUT2D eigenvalue weighted by Crippen LogP contribution is 2.52.